The van der Waals surface area contributed by atoms with Crippen molar-refractivity contribution < 1.29 is 4.42 Å². The lowest BCUT2D eigenvalue weighted by Crippen LogP contribution is -2.24. The van der Waals surface area contributed by atoms with Crippen molar-refractivity contribution in [1.29, 1.82) is 0 Å². The summed E-state index contributed by atoms with van der Waals surface area (Å²) in [6, 6.07) is 0.645. The van der Waals surface area contributed by atoms with Crippen molar-refractivity contribution >= 4 is 6.01 Å². The van der Waals surface area contributed by atoms with Crippen LogP contribution in [0, 0.1) is 11.8 Å². The third-order valence-corrected chi connectivity index (χ3v) is 4.05. The summed E-state index contributed by atoms with van der Waals surface area (Å²) >= 11 is 0. The molecule has 0 aromatic carbocycles. The van der Waals surface area contributed by atoms with E-state index in [9.17, 15) is 0 Å². The Morgan fingerprint density at radius 3 is 2.83 bits per heavy atom. The molecule has 5 heteroatoms. The molecule has 18 heavy (non-hydrogen) atoms. The molecule has 0 bridgehead atoms. The van der Waals surface area contributed by atoms with E-state index in [-0.39, 0.29) is 6.04 Å². The molecule has 0 spiro atoms. The monoisotopic (exact) mass is 252 g/mol. The molecule has 1 saturated carbocycles. The zero-order valence-electron chi connectivity index (χ0n) is 11.6. The summed E-state index contributed by atoms with van der Waals surface area (Å²) in [4.78, 5) is 0. The Morgan fingerprint density at radius 2 is 2.11 bits per heavy atom. The lowest BCUT2D eigenvalue weighted by molar-refractivity contribution is 0.267. The molecule has 5 nitrogen and oxygen atoms in total. The second-order valence-corrected chi connectivity index (χ2v) is 5.36. The van der Waals surface area contributed by atoms with Crippen molar-refractivity contribution in [3.8, 4) is 0 Å². The van der Waals surface area contributed by atoms with Crippen LogP contribution in [0.2, 0.25) is 0 Å². The highest BCUT2D eigenvalue weighted by atomic mass is 16.4. The van der Waals surface area contributed by atoms with Crippen molar-refractivity contribution in [2.24, 2.45) is 11.8 Å². The molecule has 2 N–H and O–H groups in total. The van der Waals surface area contributed by atoms with Crippen LogP contribution < -0.4 is 10.6 Å². The van der Waals surface area contributed by atoms with Crippen molar-refractivity contribution in [3.05, 3.63) is 5.89 Å². The van der Waals surface area contributed by atoms with E-state index in [2.05, 4.69) is 27.8 Å². The predicted molar refractivity (Wildman–Crippen MR) is 71.4 cm³/mol. The first-order valence-electron chi connectivity index (χ1n) is 6.95. The van der Waals surface area contributed by atoms with Crippen LogP contribution in [0.25, 0.3) is 0 Å². The summed E-state index contributed by atoms with van der Waals surface area (Å²) in [6.45, 7) is 5.28. The zero-order valence-corrected chi connectivity index (χ0v) is 11.6. The summed E-state index contributed by atoms with van der Waals surface area (Å²) in [5.74, 6) is 2.16. The quantitative estimate of drug-likeness (QED) is 0.843. The molecular weight excluding hydrogens is 228 g/mol. The molecular formula is C13H24N4O. The van der Waals surface area contributed by atoms with E-state index in [4.69, 9.17) is 4.42 Å². The molecule has 1 heterocycles. The van der Waals surface area contributed by atoms with Gasteiger partial charge in [0.2, 0.25) is 5.89 Å². The molecule has 2 rings (SSSR count). The van der Waals surface area contributed by atoms with Crippen LogP contribution in [-0.2, 0) is 0 Å². The average Bonchev–Trinajstić information content (AvgIpc) is 2.86. The predicted octanol–water partition coefficient (Wildman–Crippen LogP) is 2.59. The summed E-state index contributed by atoms with van der Waals surface area (Å²) in [5.41, 5.74) is 0. The largest absolute Gasteiger partial charge is 0.406 e. The Bertz CT molecular complexity index is 366. The average molecular weight is 252 g/mol. The molecule has 1 aliphatic carbocycles. The number of anilines is 1. The van der Waals surface area contributed by atoms with E-state index >= 15 is 0 Å². The van der Waals surface area contributed by atoms with Gasteiger partial charge in [0.1, 0.15) is 0 Å². The van der Waals surface area contributed by atoms with Gasteiger partial charge < -0.3 is 15.1 Å². The molecule has 0 aliphatic heterocycles. The minimum Gasteiger partial charge on any atom is -0.406 e. The van der Waals surface area contributed by atoms with Crippen LogP contribution in [0.15, 0.2) is 4.42 Å². The normalized spacial score (nSPS) is 25.9. The fourth-order valence-electron chi connectivity index (χ4n) is 2.52. The van der Waals surface area contributed by atoms with Crippen molar-refractivity contribution in [2.75, 3.05) is 18.9 Å². The maximum atomic E-state index is 5.57. The number of aromatic nitrogens is 2. The smallest absolute Gasteiger partial charge is 0.315 e. The Kier molecular flexibility index (Phi) is 4.58. The Morgan fingerprint density at radius 1 is 1.33 bits per heavy atom. The first-order chi connectivity index (χ1) is 8.70. The van der Waals surface area contributed by atoms with Gasteiger partial charge in [0.25, 0.3) is 0 Å². The van der Waals surface area contributed by atoms with E-state index in [1.165, 1.54) is 25.7 Å². The summed E-state index contributed by atoms with van der Waals surface area (Å²) in [7, 11) is 1.88. The van der Waals surface area contributed by atoms with Crippen molar-refractivity contribution in [1.82, 2.24) is 15.5 Å². The Balaban J connectivity index is 1.84. The molecule has 0 amide bonds. The van der Waals surface area contributed by atoms with Crippen LogP contribution in [0.1, 0.15) is 51.5 Å². The van der Waals surface area contributed by atoms with Gasteiger partial charge in [-0.3, -0.25) is 0 Å². The maximum Gasteiger partial charge on any atom is 0.315 e. The zero-order chi connectivity index (χ0) is 13.0. The first kappa shape index (κ1) is 13.3. The van der Waals surface area contributed by atoms with Crippen molar-refractivity contribution in [2.45, 2.75) is 45.6 Å². The van der Waals surface area contributed by atoms with Gasteiger partial charge in [-0.25, -0.2) is 0 Å². The first-order valence-corrected chi connectivity index (χ1v) is 6.95. The van der Waals surface area contributed by atoms with E-state index in [1.807, 2.05) is 14.0 Å². The number of hydrogen-bond acceptors (Lipinski definition) is 5. The summed E-state index contributed by atoms with van der Waals surface area (Å²) < 4.78 is 5.57. The van der Waals surface area contributed by atoms with E-state index < -0.39 is 0 Å². The van der Waals surface area contributed by atoms with Crippen LogP contribution in [0.5, 0.6) is 0 Å². The molecule has 1 aromatic heterocycles. The van der Waals surface area contributed by atoms with E-state index in [0.29, 0.717) is 11.9 Å². The van der Waals surface area contributed by atoms with Crippen molar-refractivity contribution in [3.63, 3.8) is 0 Å². The summed E-state index contributed by atoms with van der Waals surface area (Å²) in [6.07, 6.45) is 5.38. The van der Waals surface area contributed by atoms with Gasteiger partial charge in [-0.05, 0) is 32.2 Å². The van der Waals surface area contributed by atoms with E-state index in [0.717, 1.165) is 18.4 Å². The number of nitrogens with zero attached hydrogens (tertiary/aromatic N) is 2. The molecule has 3 atom stereocenters. The minimum absolute atomic E-state index is 0.0988. The molecule has 102 valence electrons. The third kappa shape index (κ3) is 3.22. The van der Waals surface area contributed by atoms with Gasteiger partial charge in [0.05, 0.1) is 6.04 Å². The minimum atomic E-state index is 0.0988. The van der Waals surface area contributed by atoms with Gasteiger partial charge in [0, 0.05) is 6.54 Å². The second-order valence-electron chi connectivity index (χ2n) is 5.36. The van der Waals surface area contributed by atoms with Gasteiger partial charge >= 0.3 is 6.01 Å². The third-order valence-electron chi connectivity index (χ3n) is 4.05. The van der Waals surface area contributed by atoms with Gasteiger partial charge in [-0.1, -0.05) is 31.3 Å². The standard InChI is InChI=1S/C13H24N4O/c1-9-6-4-5-7-11(9)8-15-13-17-16-12(18-13)10(2)14-3/h9-11,14H,4-8H2,1-3H3,(H,15,17). The molecule has 1 fully saturated rings. The van der Waals surface area contributed by atoms with Crippen LogP contribution >= 0.6 is 0 Å². The lowest BCUT2D eigenvalue weighted by atomic mass is 9.80. The number of nitrogens with one attached hydrogen (secondary N) is 2. The molecule has 0 radical (unpaired) electrons. The van der Waals surface area contributed by atoms with Gasteiger partial charge in [0.15, 0.2) is 0 Å². The molecule has 1 aromatic rings. The lowest BCUT2D eigenvalue weighted by Gasteiger charge is -2.28. The second kappa shape index (κ2) is 6.18. The van der Waals surface area contributed by atoms with Gasteiger partial charge in [-0.15, -0.1) is 5.10 Å². The number of rotatable bonds is 5. The van der Waals surface area contributed by atoms with Crippen LogP contribution in [0.3, 0.4) is 0 Å². The SMILES string of the molecule is CNC(C)c1nnc(NCC2CCCCC2C)o1. The Labute approximate surface area is 109 Å². The fourth-order valence-corrected chi connectivity index (χ4v) is 2.52. The molecule has 0 saturated heterocycles. The van der Waals surface area contributed by atoms with Gasteiger partial charge in [-0.2, -0.15) is 0 Å². The Hall–Kier alpha value is -1.10. The van der Waals surface area contributed by atoms with Crippen LogP contribution in [0.4, 0.5) is 6.01 Å². The number of hydrogen-bond donors (Lipinski definition) is 2. The fraction of sp³-hybridized carbons (Fsp3) is 0.846. The summed E-state index contributed by atoms with van der Waals surface area (Å²) in [5, 5.41) is 14.4. The molecule has 1 aliphatic rings. The molecule has 3 unspecified atom stereocenters. The highest BCUT2D eigenvalue weighted by molar-refractivity contribution is 5.17. The van der Waals surface area contributed by atoms with E-state index in [1.54, 1.807) is 0 Å². The topological polar surface area (TPSA) is 63.0 Å². The highest BCUT2D eigenvalue weighted by Crippen LogP contribution is 2.29. The van der Waals surface area contributed by atoms with Crippen LogP contribution in [-0.4, -0.2) is 23.8 Å². The maximum absolute atomic E-state index is 5.57. The highest BCUT2D eigenvalue weighted by Gasteiger charge is 2.21.